The number of rotatable bonds is 5. The largest absolute Gasteiger partial charge is 0.378 e. The highest BCUT2D eigenvalue weighted by atomic mass is 79.9. The van der Waals surface area contributed by atoms with Gasteiger partial charge in [0.05, 0.1) is 6.10 Å². The molecule has 2 aliphatic carbocycles. The van der Waals surface area contributed by atoms with Crippen molar-refractivity contribution >= 4 is 15.9 Å². The molecule has 20 heavy (non-hydrogen) atoms. The summed E-state index contributed by atoms with van der Waals surface area (Å²) in [5.74, 6) is 0. The van der Waals surface area contributed by atoms with Crippen LogP contribution in [-0.2, 0) is 4.74 Å². The average Bonchev–Trinajstić information content (AvgIpc) is 2.35. The zero-order valence-electron chi connectivity index (χ0n) is 12.4. The van der Waals surface area contributed by atoms with Crippen molar-refractivity contribution in [3.63, 3.8) is 0 Å². The van der Waals surface area contributed by atoms with Crippen LogP contribution in [0.2, 0.25) is 0 Å². The fourth-order valence-electron chi connectivity index (χ4n) is 3.89. The summed E-state index contributed by atoms with van der Waals surface area (Å²) >= 11 is 3.66. The summed E-state index contributed by atoms with van der Waals surface area (Å²) in [4.78, 5) is 0. The molecule has 2 nitrogen and oxygen atoms in total. The second-order valence-corrected chi connectivity index (χ2v) is 7.08. The van der Waals surface area contributed by atoms with Crippen LogP contribution in [0, 0.1) is 5.41 Å². The summed E-state index contributed by atoms with van der Waals surface area (Å²) in [5, 5.41) is 3.84. The second-order valence-electron chi connectivity index (χ2n) is 6.23. The number of nitrogens with one attached hydrogen (secondary N) is 1. The Morgan fingerprint density at radius 3 is 2.75 bits per heavy atom. The minimum absolute atomic E-state index is 0.385. The van der Waals surface area contributed by atoms with Gasteiger partial charge in [0.2, 0.25) is 0 Å². The summed E-state index contributed by atoms with van der Waals surface area (Å²) in [6.07, 6.45) is 5.69. The average molecular weight is 338 g/mol. The predicted molar refractivity (Wildman–Crippen MR) is 85.8 cm³/mol. The maximum Gasteiger partial charge on any atom is 0.0661 e. The molecule has 3 heteroatoms. The molecule has 0 heterocycles. The third kappa shape index (κ3) is 2.34. The molecule has 1 aromatic rings. The molecule has 0 aromatic heterocycles. The zero-order chi connectivity index (χ0) is 14.2. The maximum atomic E-state index is 5.93. The van der Waals surface area contributed by atoms with Crippen LogP contribution in [0.15, 0.2) is 28.7 Å². The van der Waals surface area contributed by atoms with E-state index in [9.17, 15) is 0 Å². The van der Waals surface area contributed by atoms with Gasteiger partial charge < -0.3 is 10.1 Å². The summed E-state index contributed by atoms with van der Waals surface area (Å²) < 4.78 is 7.13. The SMILES string of the molecule is CCOC1CC(N[C@@H](C)c2ccccc2Br)C12CCC2. The van der Waals surface area contributed by atoms with Crippen molar-refractivity contribution in [2.75, 3.05) is 6.61 Å². The van der Waals surface area contributed by atoms with Crippen LogP contribution in [0.1, 0.15) is 51.1 Å². The monoisotopic (exact) mass is 337 g/mol. The zero-order valence-corrected chi connectivity index (χ0v) is 13.9. The van der Waals surface area contributed by atoms with Crippen molar-refractivity contribution in [3.8, 4) is 0 Å². The minimum Gasteiger partial charge on any atom is -0.378 e. The van der Waals surface area contributed by atoms with Gasteiger partial charge in [0.25, 0.3) is 0 Å². The minimum atomic E-state index is 0.385. The van der Waals surface area contributed by atoms with Crippen LogP contribution in [-0.4, -0.2) is 18.8 Å². The van der Waals surface area contributed by atoms with Gasteiger partial charge in [0.1, 0.15) is 0 Å². The lowest BCUT2D eigenvalue weighted by Crippen LogP contribution is -2.67. The normalized spacial score (nSPS) is 28.8. The molecular weight excluding hydrogens is 314 g/mol. The second kappa shape index (κ2) is 5.78. The number of hydrogen-bond acceptors (Lipinski definition) is 2. The summed E-state index contributed by atoms with van der Waals surface area (Å²) in [7, 11) is 0. The molecule has 3 rings (SSSR count). The first-order valence-electron chi connectivity index (χ1n) is 7.79. The van der Waals surface area contributed by atoms with Crippen LogP contribution in [0.25, 0.3) is 0 Å². The Morgan fingerprint density at radius 2 is 2.15 bits per heavy atom. The number of hydrogen-bond donors (Lipinski definition) is 1. The Hall–Kier alpha value is -0.380. The standard InChI is InChI=1S/C17H24BrNO/c1-3-20-16-11-15(17(16)9-6-10-17)19-12(2)13-7-4-5-8-14(13)18/h4-5,7-8,12,15-16,19H,3,6,9-11H2,1-2H3/t12-,15?,16?/m0/s1. The molecule has 2 saturated carbocycles. The highest BCUT2D eigenvalue weighted by molar-refractivity contribution is 9.10. The Morgan fingerprint density at radius 1 is 1.40 bits per heavy atom. The summed E-state index contributed by atoms with van der Waals surface area (Å²) in [6, 6.07) is 9.51. The van der Waals surface area contributed by atoms with Crippen molar-refractivity contribution in [2.24, 2.45) is 5.41 Å². The summed E-state index contributed by atoms with van der Waals surface area (Å²) in [6.45, 7) is 5.22. The first-order valence-corrected chi connectivity index (χ1v) is 8.59. The van der Waals surface area contributed by atoms with Gasteiger partial charge in [-0.3, -0.25) is 0 Å². The molecule has 3 atom stereocenters. The fraction of sp³-hybridized carbons (Fsp3) is 0.647. The van der Waals surface area contributed by atoms with Crippen molar-refractivity contribution in [1.82, 2.24) is 5.32 Å². The van der Waals surface area contributed by atoms with Crippen LogP contribution < -0.4 is 5.32 Å². The molecule has 0 bridgehead atoms. The quantitative estimate of drug-likeness (QED) is 0.857. The van der Waals surface area contributed by atoms with E-state index in [2.05, 4.69) is 59.4 Å². The van der Waals surface area contributed by atoms with Crippen LogP contribution in [0.3, 0.4) is 0 Å². The summed E-state index contributed by atoms with van der Waals surface area (Å²) in [5.41, 5.74) is 1.78. The number of benzene rings is 1. The Bertz CT molecular complexity index is 472. The van der Waals surface area contributed by atoms with E-state index in [0.717, 1.165) is 6.61 Å². The Kier molecular flexibility index (Phi) is 4.21. The van der Waals surface area contributed by atoms with E-state index in [0.29, 0.717) is 23.6 Å². The van der Waals surface area contributed by atoms with Gasteiger partial charge >= 0.3 is 0 Å². The van der Waals surface area contributed by atoms with Crippen LogP contribution >= 0.6 is 15.9 Å². The van der Waals surface area contributed by atoms with E-state index in [4.69, 9.17) is 4.74 Å². The highest BCUT2D eigenvalue weighted by Gasteiger charge is 2.58. The van der Waals surface area contributed by atoms with Crippen molar-refractivity contribution in [1.29, 1.82) is 0 Å². The molecule has 1 aromatic carbocycles. The van der Waals surface area contributed by atoms with Gasteiger partial charge in [0.15, 0.2) is 0 Å². The van der Waals surface area contributed by atoms with Gasteiger partial charge in [-0.05, 0) is 44.7 Å². The first-order chi connectivity index (χ1) is 9.67. The number of ether oxygens (including phenoxy) is 1. The van der Waals surface area contributed by atoms with E-state index in [1.54, 1.807) is 0 Å². The topological polar surface area (TPSA) is 21.3 Å². The Labute approximate surface area is 130 Å². The predicted octanol–water partition coefficient (Wildman–Crippen LogP) is 4.45. The molecule has 0 radical (unpaired) electrons. The molecule has 2 aliphatic rings. The lowest BCUT2D eigenvalue weighted by atomic mass is 9.51. The smallest absolute Gasteiger partial charge is 0.0661 e. The van der Waals surface area contributed by atoms with Crippen molar-refractivity contribution < 1.29 is 4.74 Å². The van der Waals surface area contributed by atoms with Gasteiger partial charge in [-0.15, -0.1) is 0 Å². The first kappa shape index (κ1) is 14.6. The maximum absolute atomic E-state index is 5.93. The van der Waals surface area contributed by atoms with Crippen LogP contribution in [0.5, 0.6) is 0 Å². The van der Waals surface area contributed by atoms with E-state index < -0.39 is 0 Å². The highest BCUT2D eigenvalue weighted by Crippen LogP contribution is 2.57. The van der Waals surface area contributed by atoms with E-state index in [-0.39, 0.29) is 0 Å². The molecular formula is C17H24BrNO. The third-order valence-corrected chi connectivity index (χ3v) is 5.98. The van der Waals surface area contributed by atoms with Crippen LogP contribution in [0.4, 0.5) is 0 Å². The van der Waals surface area contributed by atoms with Gasteiger partial charge in [-0.25, -0.2) is 0 Å². The molecule has 0 saturated heterocycles. The van der Waals surface area contributed by atoms with Crippen molar-refractivity contribution in [2.45, 2.75) is 57.7 Å². The molecule has 2 unspecified atom stereocenters. The van der Waals surface area contributed by atoms with Gasteiger partial charge in [-0.1, -0.05) is 40.5 Å². The molecule has 0 aliphatic heterocycles. The fourth-order valence-corrected chi connectivity index (χ4v) is 4.52. The lowest BCUT2D eigenvalue weighted by Gasteiger charge is -2.61. The lowest BCUT2D eigenvalue weighted by molar-refractivity contribution is -0.174. The van der Waals surface area contributed by atoms with Gasteiger partial charge in [-0.2, -0.15) is 0 Å². The third-order valence-electron chi connectivity index (χ3n) is 5.26. The van der Waals surface area contributed by atoms with E-state index in [1.807, 2.05) is 0 Å². The molecule has 2 fully saturated rings. The van der Waals surface area contributed by atoms with E-state index >= 15 is 0 Å². The number of halogens is 1. The van der Waals surface area contributed by atoms with E-state index in [1.165, 1.54) is 35.7 Å². The molecule has 1 N–H and O–H groups in total. The Balaban J connectivity index is 1.66. The molecule has 1 spiro atoms. The molecule has 110 valence electrons. The van der Waals surface area contributed by atoms with Crippen molar-refractivity contribution in [3.05, 3.63) is 34.3 Å². The molecule has 0 amide bonds. The van der Waals surface area contributed by atoms with Gasteiger partial charge in [0, 0.05) is 28.6 Å².